The van der Waals surface area contributed by atoms with Crippen molar-refractivity contribution < 1.29 is 18.0 Å². The van der Waals surface area contributed by atoms with E-state index in [0.717, 1.165) is 27.4 Å². The van der Waals surface area contributed by atoms with Crippen LogP contribution in [0.1, 0.15) is 15.9 Å². The summed E-state index contributed by atoms with van der Waals surface area (Å²) in [4.78, 5) is 29.8. The Balaban J connectivity index is 1.46. The molecule has 1 heterocycles. The Bertz CT molecular complexity index is 1330. The highest BCUT2D eigenvalue weighted by Crippen LogP contribution is 2.21. The van der Waals surface area contributed by atoms with Crippen molar-refractivity contribution in [2.24, 2.45) is 0 Å². The molecule has 1 saturated heterocycles. The van der Waals surface area contributed by atoms with Gasteiger partial charge in [0.1, 0.15) is 0 Å². The zero-order valence-electron chi connectivity index (χ0n) is 20.5. The molecule has 0 spiro atoms. The average Bonchev–Trinajstić information content (AvgIpc) is 2.89. The van der Waals surface area contributed by atoms with E-state index in [1.807, 2.05) is 42.3 Å². The Morgan fingerprint density at radius 1 is 0.892 bits per heavy atom. The summed E-state index contributed by atoms with van der Waals surface area (Å²) in [6.07, 6.45) is 0. The molecule has 0 atom stereocenters. The second kappa shape index (κ2) is 12.0. The topological polar surface area (TPSA) is 90.0 Å². The standard InChI is InChI=1S/C27H29BrN4O4S/c1-30-15-17-31(18-16-30)27(34)22-7-11-24(12-8-22)29-26(33)20-32(19-21-5-3-2-4-6-21)37(35,36)25-13-9-23(28)10-14-25/h2-14H,15-20H2,1H3,(H,29,33). The number of likely N-dealkylation sites (N-methyl/N-ethyl adjacent to an activating group) is 1. The van der Waals surface area contributed by atoms with Crippen LogP contribution in [0.3, 0.4) is 0 Å². The summed E-state index contributed by atoms with van der Waals surface area (Å²) >= 11 is 3.32. The lowest BCUT2D eigenvalue weighted by Gasteiger charge is -2.32. The maximum Gasteiger partial charge on any atom is 0.253 e. The van der Waals surface area contributed by atoms with Gasteiger partial charge in [0.25, 0.3) is 5.91 Å². The van der Waals surface area contributed by atoms with Gasteiger partial charge in [0.2, 0.25) is 15.9 Å². The number of amides is 2. The average molecular weight is 586 g/mol. The molecule has 3 aromatic carbocycles. The number of hydrogen-bond acceptors (Lipinski definition) is 5. The molecule has 2 amide bonds. The zero-order chi connectivity index (χ0) is 26.4. The quantitative estimate of drug-likeness (QED) is 0.436. The van der Waals surface area contributed by atoms with Crippen LogP contribution in [0.15, 0.2) is 88.2 Å². The van der Waals surface area contributed by atoms with Crippen LogP contribution < -0.4 is 5.32 Å². The molecule has 1 aliphatic rings. The minimum atomic E-state index is -3.94. The summed E-state index contributed by atoms with van der Waals surface area (Å²) in [6.45, 7) is 2.71. The third-order valence-electron chi connectivity index (χ3n) is 6.18. The van der Waals surface area contributed by atoms with Crippen LogP contribution in [-0.4, -0.2) is 74.1 Å². The molecule has 0 bridgehead atoms. The number of hydrogen-bond donors (Lipinski definition) is 1. The van der Waals surface area contributed by atoms with Crippen LogP contribution in [0, 0.1) is 0 Å². The summed E-state index contributed by atoms with van der Waals surface area (Å²) < 4.78 is 28.7. The highest BCUT2D eigenvalue weighted by atomic mass is 79.9. The molecule has 8 nitrogen and oxygen atoms in total. The molecule has 194 valence electrons. The maximum absolute atomic E-state index is 13.4. The monoisotopic (exact) mass is 584 g/mol. The summed E-state index contributed by atoms with van der Waals surface area (Å²) in [6, 6.07) is 22.1. The van der Waals surface area contributed by atoms with Crippen molar-refractivity contribution in [3.05, 3.63) is 94.5 Å². The Labute approximate surface area is 226 Å². The van der Waals surface area contributed by atoms with Gasteiger partial charge in [0, 0.05) is 48.4 Å². The van der Waals surface area contributed by atoms with Gasteiger partial charge in [-0.25, -0.2) is 8.42 Å². The van der Waals surface area contributed by atoms with Gasteiger partial charge >= 0.3 is 0 Å². The lowest BCUT2D eigenvalue weighted by Crippen LogP contribution is -2.47. The van der Waals surface area contributed by atoms with Crippen LogP contribution in [0.25, 0.3) is 0 Å². The summed E-state index contributed by atoms with van der Waals surface area (Å²) in [5, 5.41) is 2.76. The number of rotatable bonds is 8. The van der Waals surface area contributed by atoms with Gasteiger partial charge in [-0.2, -0.15) is 4.31 Å². The van der Waals surface area contributed by atoms with Gasteiger partial charge in [-0.05, 0) is 61.1 Å². The van der Waals surface area contributed by atoms with Crippen LogP contribution in [0.4, 0.5) is 5.69 Å². The van der Waals surface area contributed by atoms with E-state index in [1.54, 1.807) is 36.4 Å². The number of sulfonamides is 1. The number of piperazine rings is 1. The smallest absolute Gasteiger partial charge is 0.253 e. The third kappa shape index (κ3) is 7.04. The molecule has 0 unspecified atom stereocenters. The third-order valence-corrected chi connectivity index (χ3v) is 8.51. The Kier molecular flexibility index (Phi) is 8.75. The van der Waals surface area contributed by atoms with Crippen LogP contribution in [0.2, 0.25) is 0 Å². The molecule has 3 aromatic rings. The summed E-state index contributed by atoms with van der Waals surface area (Å²) in [7, 11) is -1.91. The second-order valence-electron chi connectivity index (χ2n) is 8.93. The number of halogens is 1. The van der Waals surface area contributed by atoms with E-state index >= 15 is 0 Å². The lowest BCUT2D eigenvalue weighted by molar-refractivity contribution is -0.116. The zero-order valence-corrected chi connectivity index (χ0v) is 22.9. The molecule has 0 radical (unpaired) electrons. The first-order chi connectivity index (χ1) is 17.7. The summed E-state index contributed by atoms with van der Waals surface area (Å²) in [5.41, 5.74) is 1.80. The van der Waals surface area contributed by atoms with Crippen LogP contribution in [0.5, 0.6) is 0 Å². The second-order valence-corrected chi connectivity index (χ2v) is 11.8. The van der Waals surface area contributed by atoms with E-state index in [0.29, 0.717) is 24.3 Å². The van der Waals surface area contributed by atoms with Gasteiger partial charge in [-0.1, -0.05) is 46.3 Å². The lowest BCUT2D eigenvalue weighted by atomic mass is 10.1. The van der Waals surface area contributed by atoms with Gasteiger partial charge in [-0.15, -0.1) is 0 Å². The number of benzene rings is 3. The van der Waals surface area contributed by atoms with E-state index in [4.69, 9.17) is 0 Å². The first kappa shape index (κ1) is 27.0. The fraction of sp³-hybridized carbons (Fsp3) is 0.259. The van der Waals surface area contributed by atoms with E-state index in [-0.39, 0.29) is 23.9 Å². The highest BCUT2D eigenvalue weighted by Gasteiger charge is 2.27. The molecule has 10 heteroatoms. The first-order valence-electron chi connectivity index (χ1n) is 11.9. The fourth-order valence-corrected chi connectivity index (χ4v) is 5.67. The predicted molar refractivity (Wildman–Crippen MR) is 147 cm³/mol. The van der Waals surface area contributed by atoms with Crippen molar-refractivity contribution in [3.8, 4) is 0 Å². The number of nitrogens with one attached hydrogen (secondary N) is 1. The number of carbonyl (C=O) groups is 2. The van der Waals surface area contributed by atoms with Crippen molar-refractivity contribution in [1.82, 2.24) is 14.1 Å². The number of anilines is 1. The van der Waals surface area contributed by atoms with Gasteiger partial charge in [0.05, 0.1) is 11.4 Å². The molecule has 0 aromatic heterocycles. The predicted octanol–water partition coefficient (Wildman–Crippen LogP) is 3.67. The largest absolute Gasteiger partial charge is 0.336 e. The normalized spacial score (nSPS) is 14.5. The fourth-order valence-electron chi connectivity index (χ4n) is 4.02. The van der Waals surface area contributed by atoms with Crippen molar-refractivity contribution in [2.75, 3.05) is 45.1 Å². The van der Waals surface area contributed by atoms with E-state index < -0.39 is 15.9 Å². The maximum atomic E-state index is 13.4. The van der Waals surface area contributed by atoms with Crippen LogP contribution in [-0.2, 0) is 21.4 Å². The van der Waals surface area contributed by atoms with Crippen molar-refractivity contribution in [2.45, 2.75) is 11.4 Å². The van der Waals surface area contributed by atoms with Crippen molar-refractivity contribution in [1.29, 1.82) is 0 Å². The van der Waals surface area contributed by atoms with E-state index in [1.165, 1.54) is 12.1 Å². The minimum absolute atomic E-state index is 0.0411. The minimum Gasteiger partial charge on any atom is -0.336 e. The van der Waals surface area contributed by atoms with Gasteiger partial charge < -0.3 is 15.1 Å². The SMILES string of the molecule is CN1CCN(C(=O)c2ccc(NC(=O)CN(Cc3ccccc3)S(=O)(=O)c3ccc(Br)cc3)cc2)CC1. The Morgan fingerprint density at radius 3 is 2.14 bits per heavy atom. The summed E-state index contributed by atoms with van der Waals surface area (Å²) in [5.74, 6) is -0.518. The highest BCUT2D eigenvalue weighted by molar-refractivity contribution is 9.10. The van der Waals surface area contributed by atoms with Gasteiger partial charge in [-0.3, -0.25) is 9.59 Å². The molecule has 37 heavy (non-hydrogen) atoms. The van der Waals surface area contributed by atoms with Crippen LogP contribution >= 0.6 is 15.9 Å². The number of nitrogens with zero attached hydrogens (tertiary/aromatic N) is 3. The van der Waals surface area contributed by atoms with E-state index in [9.17, 15) is 18.0 Å². The van der Waals surface area contributed by atoms with Crippen molar-refractivity contribution >= 4 is 43.5 Å². The molecular formula is C27H29BrN4O4S. The first-order valence-corrected chi connectivity index (χ1v) is 14.1. The molecule has 0 aliphatic carbocycles. The van der Waals surface area contributed by atoms with Crippen molar-refractivity contribution in [3.63, 3.8) is 0 Å². The molecule has 4 rings (SSSR count). The molecule has 1 aliphatic heterocycles. The number of carbonyl (C=O) groups excluding carboxylic acids is 2. The molecule has 1 fully saturated rings. The Morgan fingerprint density at radius 2 is 1.51 bits per heavy atom. The van der Waals surface area contributed by atoms with E-state index in [2.05, 4.69) is 26.1 Å². The van der Waals surface area contributed by atoms with Gasteiger partial charge in [0.15, 0.2) is 0 Å². The molecular weight excluding hydrogens is 556 g/mol. The molecule has 0 saturated carbocycles. The Hall–Kier alpha value is -3.05. The molecule has 1 N–H and O–H groups in total.